The molecule has 0 fully saturated rings. The van der Waals surface area contributed by atoms with Crippen LogP contribution in [0.4, 0.5) is 0 Å². The van der Waals surface area contributed by atoms with Crippen molar-refractivity contribution >= 4 is 19.8 Å². The molecule has 0 aliphatic carbocycles. The zero-order valence-electron chi connectivity index (χ0n) is 49.2. The average Bonchev–Trinajstić information content (AvgIpc) is 3.41. The molecule has 2 atom stereocenters. The highest BCUT2D eigenvalue weighted by Crippen LogP contribution is 2.43. The Morgan fingerprint density at radius 3 is 1.09 bits per heavy atom. The summed E-state index contributed by atoms with van der Waals surface area (Å²) in [5, 5.41) is 0. The zero-order valence-corrected chi connectivity index (χ0v) is 50.1. The number of allylic oxidation sites excluding steroid dienone is 14. The molecule has 0 saturated heterocycles. The molecule has 0 aliphatic heterocycles. The lowest BCUT2D eigenvalue weighted by molar-refractivity contribution is -0.161. The van der Waals surface area contributed by atoms with E-state index in [2.05, 4.69) is 98.9 Å². The van der Waals surface area contributed by atoms with Gasteiger partial charge in [0.2, 0.25) is 0 Å². The second-order valence-electron chi connectivity index (χ2n) is 20.9. The lowest BCUT2D eigenvalue weighted by atomic mass is 10.0. The summed E-state index contributed by atoms with van der Waals surface area (Å²) in [5.41, 5.74) is 5.39. The Bertz CT molecular complexity index is 1520. The van der Waals surface area contributed by atoms with E-state index in [9.17, 15) is 19.0 Å². The van der Waals surface area contributed by atoms with Gasteiger partial charge in [-0.1, -0.05) is 272 Å². The molecule has 10 heteroatoms. The largest absolute Gasteiger partial charge is 0.472 e. The molecule has 3 N–H and O–H groups in total. The molecule has 0 aromatic heterocycles. The van der Waals surface area contributed by atoms with Crippen LogP contribution in [-0.4, -0.2) is 49.3 Å². The van der Waals surface area contributed by atoms with Gasteiger partial charge in [-0.2, -0.15) is 0 Å². The maximum Gasteiger partial charge on any atom is 0.472 e. The SMILES string of the molecule is CC/C=C\C/C=C\C/C=C\C/C=C\C/C=C\C/C=C\CCCCCCCCCCCCCCCCCCCCC(=O)OC(COC(=O)CCCCCCCCC/C=C\CCCCCCCCC)COP(=O)(O)OCCN. The molecule has 0 spiro atoms. The van der Waals surface area contributed by atoms with Gasteiger partial charge in [0, 0.05) is 19.4 Å². The molecule has 0 aliphatic rings. The Morgan fingerprint density at radius 2 is 0.724 bits per heavy atom. The zero-order chi connectivity index (χ0) is 55.2. The first-order valence-corrected chi connectivity index (χ1v) is 33.1. The van der Waals surface area contributed by atoms with Crippen LogP contribution in [0, 0.1) is 0 Å². The highest BCUT2D eigenvalue weighted by molar-refractivity contribution is 7.47. The van der Waals surface area contributed by atoms with E-state index in [1.807, 2.05) is 0 Å². The third-order valence-electron chi connectivity index (χ3n) is 13.5. The third-order valence-corrected chi connectivity index (χ3v) is 14.5. The molecule has 0 saturated carbocycles. The monoisotopic (exact) mass is 1080 g/mol. The first-order chi connectivity index (χ1) is 37.3. The van der Waals surface area contributed by atoms with E-state index in [1.54, 1.807) is 0 Å². The highest BCUT2D eigenvalue weighted by Gasteiger charge is 2.26. The van der Waals surface area contributed by atoms with Gasteiger partial charge >= 0.3 is 19.8 Å². The minimum atomic E-state index is -4.39. The molecule has 0 heterocycles. The van der Waals surface area contributed by atoms with E-state index >= 15 is 0 Å². The Morgan fingerprint density at radius 1 is 0.408 bits per heavy atom. The molecular weight excluding hydrogens is 966 g/mol. The van der Waals surface area contributed by atoms with E-state index in [0.29, 0.717) is 6.42 Å². The predicted octanol–water partition coefficient (Wildman–Crippen LogP) is 20.2. The maximum atomic E-state index is 12.7. The Labute approximate surface area is 468 Å². The number of phosphoric ester groups is 1. The Balaban J connectivity index is 3.86. The number of unbranched alkanes of at least 4 members (excludes halogenated alkanes) is 32. The quantitative estimate of drug-likeness (QED) is 0.0264. The van der Waals surface area contributed by atoms with E-state index in [4.69, 9.17) is 24.3 Å². The van der Waals surface area contributed by atoms with Crippen LogP contribution < -0.4 is 5.73 Å². The number of carbonyl (C=O) groups excluding carboxylic acids is 2. The number of phosphoric acid groups is 1. The molecule has 440 valence electrons. The van der Waals surface area contributed by atoms with Crippen molar-refractivity contribution in [2.45, 2.75) is 296 Å². The van der Waals surface area contributed by atoms with Gasteiger partial charge in [0.25, 0.3) is 0 Å². The summed E-state index contributed by atoms with van der Waals surface area (Å²) in [6.45, 7) is 3.65. The fourth-order valence-corrected chi connectivity index (χ4v) is 9.64. The van der Waals surface area contributed by atoms with Gasteiger partial charge < -0.3 is 20.1 Å². The van der Waals surface area contributed by atoms with Crippen molar-refractivity contribution in [1.82, 2.24) is 0 Å². The number of ether oxygens (including phenoxy) is 2. The van der Waals surface area contributed by atoms with E-state index in [1.165, 1.54) is 167 Å². The average molecular weight is 1080 g/mol. The summed E-state index contributed by atoms with van der Waals surface area (Å²) in [5.74, 6) is -0.824. The second-order valence-corrected chi connectivity index (χ2v) is 22.3. The van der Waals surface area contributed by atoms with Gasteiger partial charge in [-0.3, -0.25) is 18.6 Å². The number of hydrogen-bond donors (Lipinski definition) is 2. The van der Waals surface area contributed by atoms with E-state index < -0.39 is 26.5 Å². The predicted molar refractivity (Wildman–Crippen MR) is 325 cm³/mol. The molecule has 0 amide bonds. The van der Waals surface area contributed by atoms with Crippen LogP contribution in [0.2, 0.25) is 0 Å². The Hall–Kier alpha value is -2.81. The van der Waals surface area contributed by atoms with Gasteiger partial charge in [0.15, 0.2) is 6.10 Å². The van der Waals surface area contributed by atoms with E-state index in [-0.39, 0.29) is 38.6 Å². The van der Waals surface area contributed by atoms with Gasteiger partial charge in [-0.05, 0) is 89.9 Å². The maximum absolute atomic E-state index is 12.7. The van der Waals surface area contributed by atoms with Crippen LogP contribution in [0.15, 0.2) is 85.1 Å². The first-order valence-electron chi connectivity index (χ1n) is 31.6. The first kappa shape index (κ1) is 73.2. The molecule has 0 rings (SSSR count). The summed E-state index contributed by atoms with van der Waals surface area (Å²) >= 11 is 0. The van der Waals surface area contributed by atoms with Crippen molar-refractivity contribution in [3.63, 3.8) is 0 Å². The van der Waals surface area contributed by atoms with Crippen molar-refractivity contribution in [3.8, 4) is 0 Å². The number of hydrogen-bond acceptors (Lipinski definition) is 8. The van der Waals surface area contributed by atoms with Crippen LogP contribution in [0.5, 0.6) is 0 Å². The van der Waals surface area contributed by atoms with Gasteiger partial charge in [0.05, 0.1) is 13.2 Å². The third kappa shape index (κ3) is 60.4. The molecule has 0 bridgehead atoms. The number of rotatable bonds is 59. The topological polar surface area (TPSA) is 134 Å². The molecule has 0 aromatic carbocycles. The van der Waals surface area contributed by atoms with Crippen LogP contribution in [0.3, 0.4) is 0 Å². The molecule has 2 unspecified atom stereocenters. The van der Waals surface area contributed by atoms with E-state index in [0.717, 1.165) is 89.9 Å². The Kier molecular flexibility index (Phi) is 59.1. The number of esters is 2. The molecule has 0 radical (unpaired) electrons. The number of nitrogens with two attached hydrogens (primary N) is 1. The summed E-state index contributed by atoms with van der Waals surface area (Å²) in [6.07, 6.45) is 80.9. The van der Waals surface area contributed by atoms with Crippen molar-refractivity contribution < 1.29 is 37.6 Å². The van der Waals surface area contributed by atoms with Gasteiger partial charge in [-0.25, -0.2) is 4.57 Å². The summed E-state index contributed by atoms with van der Waals surface area (Å²) in [6, 6.07) is 0. The molecule has 76 heavy (non-hydrogen) atoms. The lowest BCUT2D eigenvalue weighted by Gasteiger charge is -2.19. The van der Waals surface area contributed by atoms with Crippen molar-refractivity contribution in [1.29, 1.82) is 0 Å². The number of carbonyl (C=O) groups is 2. The van der Waals surface area contributed by atoms with Crippen molar-refractivity contribution in [2.75, 3.05) is 26.4 Å². The van der Waals surface area contributed by atoms with Gasteiger partial charge in [-0.15, -0.1) is 0 Å². The summed E-state index contributed by atoms with van der Waals surface area (Å²) in [4.78, 5) is 35.2. The van der Waals surface area contributed by atoms with Crippen molar-refractivity contribution in [3.05, 3.63) is 85.1 Å². The highest BCUT2D eigenvalue weighted by atomic mass is 31.2. The molecular formula is C66H118NO8P. The van der Waals surface area contributed by atoms with Gasteiger partial charge in [0.1, 0.15) is 6.61 Å². The smallest absolute Gasteiger partial charge is 0.462 e. The summed E-state index contributed by atoms with van der Waals surface area (Å²) < 4.78 is 33.1. The standard InChI is InChI=1S/C66H118NO8P/c1-3-5-7-9-11-13-15-17-19-21-23-24-25-26-27-28-29-30-31-32-33-34-35-36-37-38-39-40-41-43-45-47-49-51-53-55-57-59-66(69)75-64(63-74-76(70,71)73-61-60-67)62-72-65(68)58-56-54-52-50-48-46-44-42-22-20-18-16-14-12-10-8-6-4-2/h5,7,11,13,17,19-20,22-24,26-27,29-30,64H,3-4,6,8-10,12,14-16,18,21,25,28,31-63,67H2,1-2H3,(H,70,71)/b7-5-,13-11-,19-17-,22-20-,24-23-,27-26-,30-29-. The van der Waals surface area contributed by atoms with Crippen LogP contribution in [0.25, 0.3) is 0 Å². The fraction of sp³-hybridized carbons (Fsp3) is 0.758. The minimum absolute atomic E-state index is 0.0519. The summed E-state index contributed by atoms with van der Waals surface area (Å²) in [7, 11) is -4.39. The second kappa shape index (κ2) is 61.4. The fourth-order valence-electron chi connectivity index (χ4n) is 8.87. The minimum Gasteiger partial charge on any atom is -0.462 e. The normalized spacial score (nSPS) is 13.6. The lowest BCUT2D eigenvalue weighted by Crippen LogP contribution is -2.29. The van der Waals surface area contributed by atoms with Crippen molar-refractivity contribution in [2.24, 2.45) is 5.73 Å². The van der Waals surface area contributed by atoms with Crippen LogP contribution >= 0.6 is 7.82 Å². The molecule has 0 aromatic rings. The van der Waals surface area contributed by atoms with Crippen LogP contribution in [0.1, 0.15) is 290 Å². The van der Waals surface area contributed by atoms with Crippen LogP contribution in [-0.2, 0) is 32.7 Å². The molecule has 9 nitrogen and oxygen atoms in total.